The van der Waals surface area contributed by atoms with E-state index in [1.54, 1.807) is 30.3 Å². The molecule has 0 aliphatic rings. The first-order valence-electron chi connectivity index (χ1n) is 7.53. The Morgan fingerprint density at radius 3 is 2.29 bits per heavy atom. The van der Waals surface area contributed by atoms with Gasteiger partial charge in [0.1, 0.15) is 5.82 Å². The van der Waals surface area contributed by atoms with Gasteiger partial charge in [0.25, 0.3) is 0 Å². The molecule has 0 atom stereocenters. The summed E-state index contributed by atoms with van der Waals surface area (Å²) in [4.78, 5) is 25.6. The normalized spacial score (nSPS) is 10.1. The monoisotopic (exact) mass is 329 g/mol. The van der Waals surface area contributed by atoms with Gasteiger partial charge in [0, 0.05) is 25.5 Å². The topological polar surface area (TPSA) is 61.4 Å². The number of carbonyl (C=O) groups excluding carboxylic acids is 2. The van der Waals surface area contributed by atoms with E-state index in [2.05, 4.69) is 10.6 Å². The maximum absolute atomic E-state index is 13.5. The van der Waals surface area contributed by atoms with Crippen molar-refractivity contribution < 1.29 is 14.0 Å². The van der Waals surface area contributed by atoms with Crippen LogP contribution >= 0.6 is 0 Å². The fraction of sp³-hybridized carbons (Fsp3) is 0.222. The minimum absolute atomic E-state index is 0.0997. The van der Waals surface area contributed by atoms with Crippen LogP contribution in [0.2, 0.25) is 0 Å². The molecule has 5 nitrogen and oxygen atoms in total. The van der Waals surface area contributed by atoms with Crippen molar-refractivity contribution in [2.45, 2.75) is 6.42 Å². The van der Waals surface area contributed by atoms with Crippen molar-refractivity contribution >= 4 is 23.2 Å². The fourth-order valence-electron chi connectivity index (χ4n) is 2.10. The van der Waals surface area contributed by atoms with E-state index in [0.29, 0.717) is 11.3 Å². The Bertz CT molecular complexity index is 714. The molecule has 0 saturated carbocycles. The van der Waals surface area contributed by atoms with Gasteiger partial charge in [-0.3, -0.25) is 9.59 Å². The minimum Gasteiger partial charge on any atom is -0.378 e. The molecule has 0 spiro atoms. The van der Waals surface area contributed by atoms with Crippen LogP contribution in [0.25, 0.3) is 0 Å². The van der Waals surface area contributed by atoms with Crippen LogP contribution in [0.15, 0.2) is 48.5 Å². The van der Waals surface area contributed by atoms with Crippen LogP contribution in [-0.4, -0.2) is 32.5 Å². The number of anilines is 2. The lowest BCUT2D eigenvalue weighted by molar-refractivity contribution is -0.123. The van der Waals surface area contributed by atoms with Crippen LogP contribution in [0.5, 0.6) is 0 Å². The zero-order chi connectivity index (χ0) is 17.5. The molecule has 2 rings (SSSR count). The van der Waals surface area contributed by atoms with Gasteiger partial charge in [-0.2, -0.15) is 0 Å². The van der Waals surface area contributed by atoms with Gasteiger partial charge < -0.3 is 15.5 Å². The second-order valence-corrected chi connectivity index (χ2v) is 5.53. The lowest BCUT2D eigenvalue weighted by Crippen LogP contribution is -2.33. The van der Waals surface area contributed by atoms with Gasteiger partial charge in [-0.15, -0.1) is 0 Å². The van der Waals surface area contributed by atoms with Crippen LogP contribution in [0.1, 0.15) is 5.56 Å². The number of rotatable bonds is 6. The SMILES string of the molecule is CN(C)c1ccc(NC(=O)CNC(=O)Cc2ccccc2F)cc1. The van der Waals surface area contributed by atoms with Gasteiger partial charge in [0.05, 0.1) is 13.0 Å². The molecule has 0 bridgehead atoms. The average molecular weight is 329 g/mol. The number of benzene rings is 2. The number of nitrogens with zero attached hydrogens (tertiary/aromatic N) is 1. The summed E-state index contributed by atoms with van der Waals surface area (Å²) < 4.78 is 13.5. The van der Waals surface area contributed by atoms with E-state index in [0.717, 1.165) is 5.69 Å². The molecule has 0 aliphatic carbocycles. The maximum Gasteiger partial charge on any atom is 0.243 e. The second-order valence-electron chi connectivity index (χ2n) is 5.53. The highest BCUT2D eigenvalue weighted by atomic mass is 19.1. The summed E-state index contributed by atoms with van der Waals surface area (Å²) in [6.07, 6.45) is -0.0997. The van der Waals surface area contributed by atoms with E-state index in [4.69, 9.17) is 0 Å². The van der Waals surface area contributed by atoms with E-state index < -0.39 is 11.7 Å². The number of amides is 2. The molecule has 126 valence electrons. The Hall–Kier alpha value is -2.89. The van der Waals surface area contributed by atoms with E-state index in [9.17, 15) is 14.0 Å². The zero-order valence-electron chi connectivity index (χ0n) is 13.7. The summed E-state index contributed by atoms with van der Waals surface area (Å²) in [7, 11) is 3.86. The van der Waals surface area contributed by atoms with E-state index >= 15 is 0 Å². The average Bonchev–Trinajstić information content (AvgIpc) is 2.55. The highest BCUT2D eigenvalue weighted by molar-refractivity contribution is 5.94. The van der Waals surface area contributed by atoms with Crippen LogP contribution in [0, 0.1) is 5.82 Å². The molecule has 2 aromatic rings. The highest BCUT2D eigenvalue weighted by Gasteiger charge is 2.09. The standard InChI is InChI=1S/C18H20FN3O2/c1-22(2)15-9-7-14(8-10-15)21-18(24)12-20-17(23)11-13-5-3-4-6-16(13)19/h3-10H,11-12H2,1-2H3,(H,20,23)(H,21,24). The molecule has 24 heavy (non-hydrogen) atoms. The van der Waals surface area contributed by atoms with E-state index in [-0.39, 0.29) is 18.9 Å². The predicted octanol–water partition coefficient (Wildman–Crippen LogP) is 2.19. The molecule has 0 fully saturated rings. The number of carbonyl (C=O) groups is 2. The molecule has 0 heterocycles. The van der Waals surface area contributed by atoms with Crippen molar-refractivity contribution in [2.75, 3.05) is 30.9 Å². The lowest BCUT2D eigenvalue weighted by Gasteiger charge is -2.13. The van der Waals surface area contributed by atoms with Crippen molar-refractivity contribution in [1.82, 2.24) is 5.32 Å². The Balaban J connectivity index is 1.80. The highest BCUT2D eigenvalue weighted by Crippen LogP contribution is 2.15. The molecule has 2 aromatic carbocycles. The third kappa shape index (κ3) is 5.08. The molecular formula is C18H20FN3O2. The second kappa shape index (κ2) is 8.10. The van der Waals surface area contributed by atoms with Crippen molar-refractivity contribution in [3.8, 4) is 0 Å². The molecule has 2 amide bonds. The smallest absolute Gasteiger partial charge is 0.243 e. The molecule has 0 unspecified atom stereocenters. The van der Waals surface area contributed by atoms with Gasteiger partial charge in [-0.1, -0.05) is 18.2 Å². The Kier molecular flexibility index (Phi) is 5.89. The predicted molar refractivity (Wildman–Crippen MR) is 92.5 cm³/mol. The largest absolute Gasteiger partial charge is 0.378 e. The van der Waals surface area contributed by atoms with Gasteiger partial charge in [0.2, 0.25) is 11.8 Å². The Morgan fingerprint density at radius 1 is 1.00 bits per heavy atom. The number of hydrogen-bond acceptors (Lipinski definition) is 3. The molecule has 0 aliphatic heterocycles. The van der Waals surface area contributed by atoms with E-state index in [1.165, 1.54) is 6.07 Å². The van der Waals surface area contributed by atoms with Gasteiger partial charge in [-0.25, -0.2) is 4.39 Å². The first kappa shape index (κ1) is 17.5. The molecule has 6 heteroatoms. The summed E-state index contributed by atoms with van der Waals surface area (Å²) in [5.74, 6) is -1.18. The summed E-state index contributed by atoms with van der Waals surface area (Å²) in [6.45, 7) is -0.164. The maximum atomic E-state index is 13.5. The van der Waals surface area contributed by atoms with Crippen molar-refractivity contribution in [1.29, 1.82) is 0 Å². The van der Waals surface area contributed by atoms with Crippen molar-refractivity contribution in [3.05, 3.63) is 59.9 Å². The molecule has 2 N–H and O–H groups in total. The van der Waals surface area contributed by atoms with Gasteiger partial charge in [-0.05, 0) is 35.9 Å². The fourth-order valence-corrected chi connectivity index (χ4v) is 2.10. The first-order valence-corrected chi connectivity index (χ1v) is 7.53. The third-order valence-electron chi connectivity index (χ3n) is 3.42. The lowest BCUT2D eigenvalue weighted by atomic mass is 10.1. The van der Waals surface area contributed by atoms with E-state index in [1.807, 2.05) is 31.1 Å². The third-order valence-corrected chi connectivity index (χ3v) is 3.42. The summed E-state index contributed by atoms with van der Waals surface area (Å²) in [6, 6.07) is 13.4. The van der Waals surface area contributed by atoms with Crippen molar-refractivity contribution in [2.24, 2.45) is 0 Å². The molecule has 0 radical (unpaired) electrons. The Labute approximate surface area is 140 Å². The van der Waals surface area contributed by atoms with Crippen LogP contribution in [0.3, 0.4) is 0 Å². The molecule has 0 saturated heterocycles. The van der Waals surface area contributed by atoms with Gasteiger partial charge in [0.15, 0.2) is 0 Å². The van der Waals surface area contributed by atoms with Crippen LogP contribution in [0.4, 0.5) is 15.8 Å². The summed E-state index contributed by atoms with van der Waals surface area (Å²) in [5.41, 5.74) is 1.97. The summed E-state index contributed by atoms with van der Waals surface area (Å²) >= 11 is 0. The quantitative estimate of drug-likeness (QED) is 0.854. The molecular weight excluding hydrogens is 309 g/mol. The molecule has 0 aromatic heterocycles. The van der Waals surface area contributed by atoms with Crippen LogP contribution < -0.4 is 15.5 Å². The summed E-state index contributed by atoms with van der Waals surface area (Å²) in [5, 5.41) is 5.17. The first-order chi connectivity index (χ1) is 11.5. The minimum atomic E-state index is -0.432. The Morgan fingerprint density at radius 2 is 1.67 bits per heavy atom. The van der Waals surface area contributed by atoms with Crippen molar-refractivity contribution in [3.63, 3.8) is 0 Å². The van der Waals surface area contributed by atoms with Gasteiger partial charge >= 0.3 is 0 Å². The zero-order valence-corrected chi connectivity index (χ0v) is 13.7. The number of nitrogens with one attached hydrogen (secondary N) is 2. The number of hydrogen-bond donors (Lipinski definition) is 2. The number of halogens is 1. The van der Waals surface area contributed by atoms with Crippen LogP contribution in [-0.2, 0) is 16.0 Å².